The smallest absolute Gasteiger partial charge is 0.338 e. The Morgan fingerprint density at radius 2 is 2.25 bits per heavy atom. The first-order valence-electron chi connectivity index (χ1n) is 3.57. The highest BCUT2D eigenvalue weighted by Crippen LogP contribution is 2.38. The van der Waals surface area contributed by atoms with Crippen molar-refractivity contribution in [1.29, 1.82) is 0 Å². The average Bonchev–Trinajstić information content (AvgIpc) is 2.58. The van der Waals surface area contributed by atoms with Gasteiger partial charge in [-0.05, 0) is 7.05 Å². The molecule has 6 nitrogen and oxygen atoms in total. The summed E-state index contributed by atoms with van der Waals surface area (Å²) in [6.07, 6.45) is -0.522. The Morgan fingerprint density at radius 3 is 2.58 bits per heavy atom. The van der Waals surface area contributed by atoms with Crippen molar-refractivity contribution in [3.63, 3.8) is 0 Å². The predicted octanol–water partition coefficient (Wildman–Crippen LogP) is -1.61. The van der Waals surface area contributed by atoms with Crippen molar-refractivity contribution < 1.29 is 19.7 Å². The van der Waals surface area contributed by atoms with Crippen LogP contribution in [0.5, 0.6) is 0 Å². The van der Waals surface area contributed by atoms with Crippen LogP contribution < -0.4 is 10.2 Å². The zero-order valence-corrected chi connectivity index (χ0v) is 7.58. The molecule has 7 heteroatoms. The van der Waals surface area contributed by atoms with Gasteiger partial charge in [0.1, 0.15) is 5.60 Å². The Morgan fingerprint density at radius 1 is 1.75 bits per heavy atom. The molecule has 0 amide bonds. The van der Waals surface area contributed by atoms with Gasteiger partial charge in [0, 0.05) is 13.0 Å². The van der Waals surface area contributed by atoms with E-state index in [0.29, 0.717) is 0 Å². The molecule has 0 spiro atoms. The fourth-order valence-electron chi connectivity index (χ4n) is 0.789. The van der Waals surface area contributed by atoms with Gasteiger partial charge in [-0.25, -0.2) is 10.2 Å². The molecule has 0 aromatic carbocycles. The van der Waals surface area contributed by atoms with Crippen molar-refractivity contribution in [1.82, 2.24) is 10.2 Å². The quantitative estimate of drug-likeness (QED) is 0.347. The number of nitrogens with one attached hydrogen (secondary N) is 2. The monoisotopic (exact) mass is 196 g/mol. The largest absolute Gasteiger partial charge is 0.390 e. The van der Waals surface area contributed by atoms with Crippen LogP contribution in [0.1, 0.15) is 6.42 Å². The molecule has 5 N–H and O–H groups in total. The lowest BCUT2D eigenvalue weighted by Gasteiger charge is -2.14. The predicted molar refractivity (Wildman–Crippen MR) is 42.5 cm³/mol. The third-order valence-electron chi connectivity index (χ3n) is 1.91. The second-order valence-corrected chi connectivity index (χ2v) is 4.87. The SMILES string of the molecule is CNP(=O)(O)NC[C@@]1(O)CC1O. The van der Waals surface area contributed by atoms with E-state index >= 15 is 0 Å². The Balaban J connectivity index is 2.32. The average molecular weight is 196 g/mol. The topological polar surface area (TPSA) is 102 Å². The van der Waals surface area contributed by atoms with E-state index in [1.54, 1.807) is 0 Å². The molecule has 0 aromatic rings. The third kappa shape index (κ3) is 2.26. The van der Waals surface area contributed by atoms with E-state index in [1.165, 1.54) is 7.05 Å². The van der Waals surface area contributed by atoms with Crippen LogP contribution in [-0.2, 0) is 4.57 Å². The zero-order valence-electron chi connectivity index (χ0n) is 6.69. The van der Waals surface area contributed by atoms with Gasteiger partial charge in [0.05, 0.1) is 6.10 Å². The van der Waals surface area contributed by atoms with Crippen molar-refractivity contribution >= 4 is 7.67 Å². The minimum Gasteiger partial charge on any atom is -0.390 e. The molecule has 0 aliphatic heterocycles. The summed E-state index contributed by atoms with van der Waals surface area (Å²) in [4.78, 5) is 8.94. The highest BCUT2D eigenvalue weighted by Gasteiger charge is 2.52. The van der Waals surface area contributed by atoms with Crippen LogP contribution in [0.3, 0.4) is 0 Å². The lowest BCUT2D eigenvalue weighted by atomic mass is 10.3. The Kier molecular flexibility index (Phi) is 2.58. The van der Waals surface area contributed by atoms with Gasteiger partial charge < -0.3 is 15.1 Å². The van der Waals surface area contributed by atoms with E-state index in [9.17, 15) is 9.67 Å². The maximum Gasteiger partial charge on any atom is 0.338 e. The minimum atomic E-state index is -3.53. The Bertz CT molecular complexity index is 223. The van der Waals surface area contributed by atoms with Crippen molar-refractivity contribution in [2.24, 2.45) is 0 Å². The summed E-state index contributed by atoms with van der Waals surface area (Å²) in [6, 6.07) is 0. The van der Waals surface area contributed by atoms with Gasteiger partial charge in [-0.2, -0.15) is 0 Å². The number of aliphatic hydroxyl groups is 2. The minimum absolute atomic E-state index is 0.0806. The highest BCUT2D eigenvalue weighted by molar-refractivity contribution is 7.53. The van der Waals surface area contributed by atoms with Gasteiger partial charge in [0.25, 0.3) is 0 Å². The summed E-state index contributed by atoms with van der Waals surface area (Å²) < 4.78 is 10.9. The van der Waals surface area contributed by atoms with E-state index < -0.39 is 19.4 Å². The molecule has 0 bridgehead atoms. The summed E-state index contributed by atoms with van der Waals surface area (Å²) >= 11 is 0. The van der Waals surface area contributed by atoms with E-state index in [1.807, 2.05) is 0 Å². The molecular weight excluding hydrogens is 183 g/mol. The molecule has 72 valence electrons. The summed E-state index contributed by atoms with van der Waals surface area (Å²) in [6.45, 7) is -0.0806. The molecule has 1 fully saturated rings. The van der Waals surface area contributed by atoms with Gasteiger partial charge in [-0.1, -0.05) is 0 Å². The zero-order chi connectivity index (χ0) is 9.41. The molecule has 0 heterocycles. The normalized spacial score (nSPS) is 39.2. The van der Waals surface area contributed by atoms with Crippen LogP contribution in [-0.4, -0.2) is 40.4 Å². The van der Waals surface area contributed by atoms with Crippen molar-refractivity contribution in [3.8, 4) is 0 Å². The van der Waals surface area contributed by atoms with E-state index in [0.717, 1.165) is 0 Å². The second kappa shape index (κ2) is 3.06. The first kappa shape index (κ1) is 10.1. The fraction of sp³-hybridized carbons (Fsp3) is 1.00. The lowest BCUT2D eigenvalue weighted by Crippen LogP contribution is -2.32. The van der Waals surface area contributed by atoms with Gasteiger partial charge >= 0.3 is 7.67 Å². The number of hydrogen-bond acceptors (Lipinski definition) is 3. The van der Waals surface area contributed by atoms with Crippen LogP contribution in [0.2, 0.25) is 0 Å². The summed E-state index contributed by atoms with van der Waals surface area (Å²) in [5, 5.41) is 22.6. The molecule has 1 saturated carbocycles. The first-order valence-corrected chi connectivity index (χ1v) is 5.23. The number of hydrogen-bond donors (Lipinski definition) is 5. The molecule has 0 radical (unpaired) electrons. The van der Waals surface area contributed by atoms with Crippen LogP contribution in [0, 0.1) is 0 Å². The van der Waals surface area contributed by atoms with E-state index in [-0.39, 0.29) is 13.0 Å². The third-order valence-corrected chi connectivity index (χ3v) is 3.10. The van der Waals surface area contributed by atoms with E-state index in [2.05, 4.69) is 10.2 Å². The molecule has 0 saturated heterocycles. The first-order chi connectivity index (χ1) is 5.40. The standard InChI is InChI=1S/C5H13N2O4P/c1-6-12(10,11)7-3-5(9)2-4(5)8/h4,8-9H,2-3H2,1H3,(H3,6,7,10,11)/t4?,5-/m0/s1. The summed E-state index contributed by atoms with van der Waals surface area (Å²) in [5.41, 5.74) is -1.21. The maximum absolute atomic E-state index is 10.9. The number of rotatable bonds is 4. The van der Waals surface area contributed by atoms with Crippen molar-refractivity contribution in [2.45, 2.75) is 18.1 Å². The Labute approximate surface area is 70.2 Å². The maximum atomic E-state index is 10.9. The van der Waals surface area contributed by atoms with E-state index in [4.69, 9.17) is 10.00 Å². The molecule has 1 rings (SSSR count). The molecular formula is C5H13N2O4P. The van der Waals surface area contributed by atoms with Gasteiger partial charge in [-0.3, -0.25) is 4.57 Å². The van der Waals surface area contributed by atoms with Crippen LogP contribution >= 0.6 is 7.67 Å². The van der Waals surface area contributed by atoms with Crippen molar-refractivity contribution in [2.75, 3.05) is 13.6 Å². The summed E-state index contributed by atoms with van der Waals surface area (Å²) in [7, 11) is -2.19. The van der Waals surface area contributed by atoms with Gasteiger partial charge in [-0.15, -0.1) is 0 Å². The lowest BCUT2D eigenvalue weighted by molar-refractivity contribution is 0.0893. The molecule has 1 aliphatic rings. The van der Waals surface area contributed by atoms with Crippen LogP contribution in [0.4, 0.5) is 0 Å². The van der Waals surface area contributed by atoms with Crippen molar-refractivity contribution in [3.05, 3.63) is 0 Å². The van der Waals surface area contributed by atoms with Gasteiger partial charge in [0.15, 0.2) is 0 Å². The van der Waals surface area contributed by atoms with Crippen LogP contribution in [0.25, 0.3) is 0 Å². The molecule has 3 atom stereocenters. The molecule has 2 unspecified atom stereocenters. The van der Waals surface area contributed by atoms with Crippen LogP contribution in [0.15, 0.2) is 0 Å². The fourth-order valence-corrected chi connectivity index (χ4v) is 1.44. The molecule has 1 aliphatic carbocycles. The second-order valence-electron chi connectivity index (χ2n) is 2.96. The van der Waals surface area contributed by atoms with Gasteiger partial charge in [0.2, 0.25) is 0 Å². The number of aliphatic hydroxyl groups excluding tert-OH is 1. The summed E-state index contributed by atoms with van der Waals surface area (Å²) in [5.74, 6) is 0. The molecule has 0 aromatic heterocycles. The Hall–Kier alpha value is 0.0300. The molecule has 12 heavy (non-hydrogen) atoms. The highest BCUT2D eigenvalue weighted by atomic mass is 31.2.